The minimum atomic E-state index is -3.67. The molecule has 0 aromatic heterocycles. The number of hydrogen-bond acceptors (Lipinski definition) is 7. The largest absolute Gasteiger partial charge is 0.304 e. The smallest absolute Gasteiger partial charge is 0.261 e. The van der Waals surface area contributed by atoms with Gasteiger partial charge in [-0.25, -0.2) is 4.39 Å². The lowest BCUT2D eigenvalue weighted by molar-refractivity contribution is 0.109. The Morgan fingerprint density at radius 2 is 1.53 bits per heavy atom. The normalized spacial score (nSPS) is 18.9. The van der Waals surface area contributed by atoms with Gasteiger partial charge in [0.15, 0.2) is 0 Å². The molecule has 1 atom stereocenters. The van der Waals surface area contributed by atoms with Crippen LogP contribution in [0.4, 0.5) is 4.39 Å². The summed E-state index contributed by atoms with van der Waals surface area (Å²) in [6.07, 6.45) is 2.33. The molecular weight excluding hydrogens is 527 g/mol. The monoisotopic (exact) mass is 554 g/mol. The van der Waals surface area contributed by atoms with E-state index in [1.165, 1.54) is 23.4 Å². The molecule has 190 valence electrons. The van der Waals surface area contributed by atoms with E-state index in [1.54, 1.807) is 0 Å². The van der Waals surface area contributed by atoms with E-state index in [0.29, 0.717) is 17.5 Å². The predicted octanol–water partition coefficient (Wildman–Crippen LogP) is 3.48. The number of likely N-dealkylation sites (N-methyl/N-ethyl adjacent to an activating group) is 1. The molecular formula is C21H28ClFN2O6S3. The Hall–Kier alpha value is -1.25. The molecule has 1 fully saturated rings. The Bertz CT molecular complexity index is 1160. The molecule has 2 aliphatic rings. The minimum absolute atomic E-state index is 0.179. The molecule has 8 nitrogen and oxygen atoms in total. The zero-order valence-corrected chi connectivity index (χ0v) is 22.2. The molecule has 2 aliphatic heterocycles. The van der Waals surface area contributed by atoms with E-state index < -0.39 is 20.2 Å². The molecule has 13 heteroatoms. The topological polar surface area (TPSA) is 115 Å². The number of nitrogens with zero attached hydrogens (tertiary/aromatic N) is 2. The van der Waals surface area contributed by atoms with Crippen LogP contribution in [0.1, 0.15) is 17.2 Å². The number of rotatable bonds is 1. The SMILES string of the molecule is CN1CCN(C2Cc3ccccc3Sc3c(F)cc(Cl)cc32)CC1.CS(=O)(=O)O.CS(=O)(=O)O. The lowest BCUT2D eigenvalue weighted by Gasteiger charge is -2.38. The van der Waals surface area contributed by atoms with Gasteiger partial charge in [-0.2, -0.15) is 16.8 Å². The van der Waals surface area contributed by atoms with Gasteiger partial charge in [0, 0.05) is 42.1 Å². The number of piperazine rings is 1. The molecule has 0 spiro atoms. The Labute approximate surface area is 209 Å². The van der Waals surface area contributed by atoms with E-state index in [0.717, 1.165) is 48.0 Å². The molecule has 2 heterocycles. The van der Waals surface area contributed by atoms with E-state index in [2.05, 4.69) is 35.0 Å². The summed E-state index contributed by atoms with van der Waals surface area (Å²) in [5.74, 6) is -0.210. The van der Waals surface area contributed by atoms with E-state index in [-0.39, 0.29) is 11.9 Å². The summed E-state index contributed by atoms with van der Waals surface area (Å²) in [6.45, 7) is 4.09. The highest BCUT2D eigenvalue weighted by atomic mass is 35.5. The summed E-state index contributed by atoms with van der Waals surface area (Å²) in [5.41, 5.74) is 2.32. The second kappa shape index (κ2) is 12.1. The molecule has 1 saturated heterocycles. The lowest BCUT2D eigenvalue weighted by atomic mass is 9.96. The highest BCUT2D eigenvalue weighted by molar-refractivity contribution is 7.99. The fourth-order valence-electron chi connectivity index (χ4n) is 3.60. The lowest BCUT2D eigenvalue weighted by Crippen LogP contribution is -2.46. The number of fused-ring (bicyclic) bond motifs is 2. The van der Waals surface area contributed by atoms with Crippen molar-refractivity contribution in [3.8, 4) is 0 Å². The summed E-state index contributed by atoms with van der Waals surface area (Å²) in [5, 5.41) is 0.483. The third-order valence-electron chi connectivity index (χ3n) is 4.97. The van der Waals surface area contributed by atoms with Gasteiger partial charge >= 0.3 is 0 Å². The van der Waals surface area contributed by atoms with Crippen molar-refractivity contribution in [2.24, 2.45) is 0 Å². The van der Waals surface area contributed by atoms with Crippen molar-refractivity contribution in [2.75, 3.05) is 45.7 Å². The quantitative estimate of drug-likeness (QED) is 0.511. The molecule has 1 unspecified atom stereocenters. The van der Waals surface area contributed by atoms with Gasteiger partial charge in [-0.3, -0.25) is 14.0 Å². The molecule has 2 aromatic carbocycles. The fraction of sp³-hybridized carbons (Fsp3) is 0.429. The van der Waals surface area contributed by atoms with Gasteiger partial charge < -0.3 is 4.90 Å². The zero-order chi connectivity index (χ0) is 25.7. The maximum atomic E-state index is 14.7. The Balaban J connectivity index is 0.000000347. The highest BCUT2D eigenvalue weighted by Crippen LogP contribution is 2.45. The number of benzene rings is 2. The van der Waals surface area contributed by atoms with Gasteiger partial charge in [0.2, 0.25) is 0 Å². The van der Waals surface area contributed by atoms with Crippen LogP contribution in [-0.2, 0) is 26.7 Å². The Kier molecular flexibility index (Phi) is 10.3. The van der Waals surface area contributed by atoms with Gasteiger partial charge in [0.25, 0.3) is 20.2 Å². The molecule has 34 heavy (non-hydrogen) atoms. The van der Waals surface area contributed by atoms with Crippen LogP contribution in [0.3, 0.4) is 0 Å². The molecule has 4 rings (SSSR count). The van der Waals surface area contributed by atoms with Crippen LogP contribution in [0.2, 0.25) is 5.02 Å². The molecule has 0 bridgehead atoms. The van der Waals surface area contributed by atoms with Crippen molar-refractivity contribution in [3.05, 3.63) is 58.4 Å². The molecule has 0 saturated carbocycles. The fourth-order valence-corrected chi connectivity index (χ4v) is 4.93. The molecule has 2 N–H and O–H groups in total. The van der Waals surface area contributed by atoms with Crippen molar-refractivity contribution in [2.45, 2.75) is 22.3 Å². The van der Waals surface area contributed by atoms with E-state index in [1.807, 2.05) is 12.1 Å². The van der Waals surface area contributed by atoms with Gasteiger partial charge in [0.05, 0.1) is 17.4 Å². The molecule has 0 radical (unpaired) electrons. The van der Waals surface area contributed by atoms with Crippen molar-refractivity contribution < 1.29 is 30.3 Å². The third kappa shape index (κ3) is 10.2. The standard InChI is InChI=1S/C19H20ClFN2S.2CH4O3S/c1-22-6-8-23(9-7-22)17-10-13-4-2-3-5-18(13)24-19-15(17)11-14(20)12-16(19)21;2*1-5(2,3)4/h2-5,11-12,17H,6-10H2,1H3;2*1H3,(H,2,3,4). The maximum Gasteiger partial charge on any atom is 0.261 e. The second-order valence-corrected chi connectivity index (χ2v) is 12.5. The first-order valence-electron chi connectivity index (χ1n) is 10.1. The number of halogens is 2. The maximum absolute atomic E-state index is 14.7. The Morgan fingerprint density at radius 1 is 1.00 bits per heavy atom. The second-order valence-electron chi connectivity index (χ2n) is 8.04. The van der Waals surface area contributed by atoms with Crippen molar-refractivity contribution in [1.29, 1.82) is 0 Å². The summed E-state index contributed by atoms with van der Waals surface area (Å²) >= 11 is 7.73. The minimum Gasteiger partial charge on any atom is -0.304 e. The summed E-state index contributed by atoms with van der Waals surface area (Å²) in [7, 11) is -5.18. The van der Waals surface area contributed by atoms with Crippen molar-refractivity contribution in [3.63, 3.8) is 0 Å². The zero-order valence-electron chi connectivity index (χ0n) is 19.0. The van der Waals surface area contributed by atoms with Crippen LogP contribution < -0.4 is 0 Å². The van der Waals surface area contributed by atoms with Crippen LogP contribution in [0.5, 0.6) is 0 Å². The first kappa shape index (κ1) is 29.0. The van der Waals surface area contributed by atoms with Gasteiger partial charge in [0.1, 0.15) is 5.82 Å². The average Bonchev–Trinajstić information content (AvgIpc) is 2.83. The van der Waals surface area contributed by atoms with Gasteiger partial charge in [-0.1, -0.05) is 41.6 Å². The van der Waals surface area contributed by atoms with E-state index in [9.17, 15) is 21.2 Å². The first-order chi connectivity index (χ1) is 15.6. The van der Waals surface area contributed by atoms with Crippen LogP contribution in [0.25, 0.3) is 0 Å². The van der Waals surface area contributed by atoms with Crippen molar-refractivity contribution in [1.82, 2.24) is 9.80 Å². The van der Waals surface area contributed by atoms with E-state index >= 15 is 0 Å². The van der Waals surface area contributed by atoms with Crippen LogP contribution in [0.15, 0.2) is 46.2 Å². The predicted molar refractivity (Wildman–Crippen MR) is 132 cm³/mol. The summed E-state index contributed by atoms with van der Waals surface area (Å²) in [4.78, 5) is 6.71. The van der Waals surface area contributed by atoms with Crippen LogP contribution in [0, 0.1) is 5.82 Å². The third-order valence-corrected chi connectivity index (χ3v) is 6.44. The number of hydrogen-bond donors (Lipinski definition) is 2. The molecule has 0 aliphatic carbocycles. The van der Waals surface area contributed by atoms with Crippen LogP contribution >= 0.6 is 23.4 Å². The van der Waals surface area contributed by atoms with Crippen LogP contribution in [-0.4, -0.2) is 81.5 Å². The summed E-state index contributed by atoms with van der Waals surface area (Å²) < 4.78 is 66.4. The van der Waals surface area contributed by atoms with Gasteiger partial charge in [-0.15, -0.1) is 0 Å². The molecule has 2 aromatic rings. The van der Waals surface area contributed by atoms with Crippen molar-refractivity contribution >= 4 is 43.6 Å². The van der Waals surface area contributed by atoms with E-state index in [4.69, 9.17) is 20.7 Å². The average molecular weight is 555 g/mol. The first-order valence-corrected chi connectivity index (χ1v) is 15.0. The van der Waals surface area contributed by atoms with Gasteiger partial charge in [-0.05, 0) is 42.8 Å². The summed E-state index contributed by atoms with van der Waals surface area (Å²) in [6, 6.07) is 11.9. The molecule has 0 amide bonds. The highest BCUT2D eigenvalue weighted by Gasteiger charge is 2.31. The Morgan fingerprint density at radius 3 is 2.09 bits per heavy atom.